The van der Waals surface area contributed by atoms with Gasteiger partial charge in [-0.2, -0.15) is 4.72 Å². The van der Waals surface area contributed by atoms with Gasteiger partial charge >= 0.3 is 5.97 Å². The van der Waals surface area contributed by atoms with Crippen LogP contribution in [0.25, 0.3) is 0 Å². The Labute approximate surface area is 204 Å². The molecule has 0 aliphatic carbocycles. The molecule has 186 valence electrons. The second kappa shape index (κ2) is 10.1. The molecule has 0 bridgehead atoms. The molecule has 0 saturated carbocycles. The van der Waals surface area contributed by atoms with Crippen LogP contribution >= 0.6 is 11.6 Å². The van der Waals surface area contributed by atoms with Gasteiger partial charge in [0.2, 0.25) is 10.0 Å². The van der Waals surface area contributed by atoms with Gasteiger partial charge in [0, 0.05) is 28.6 Å². The van der Waals surface area contributed by atoms with Gasteiger partial charge in [0.05, 0.1) is 19.1 Å². The summed E-state index contributed by atoms with van der Waals surface area (Å²) in [5.74, 6) is -7.67. The molecule has 0 heterocycles. The number of benzene rings is 3. The molecule has 12 heteroatoms. The Hall–Kier alpha value is -3.28. The van der Waals surface area contributed by atoms with Crippen molar-refractivity contribution in [2.45, 2.75) is 17.1 Å². The molecule has 1 unspecified atom stereocenters. The van der Waals surface area contributed by atoms with Crippen LogP contribution in [0.15, 0.2) is 59.5 Å². The van der Waals surface area contributed by atoms with Crippen LogP contribution in [0.5, 0.6) is 11.5 Å². The smallest absolute Gasteiger partial charge is 0.362 e. The minimum atomic E-state index is -4.81. The van der Waals surface area contributed by atoms with Gasteiger partial charge in [0.1, 0.15) is 11.6 Å². The van der Waals surface area contributed by atoms with Crippen molar-refractivity contribution in [1.82, 2.24) is 4.72 Å². The van der Waals surface area contributed by atoms with Crippen molar-refractivity contribution in [3.05, 3.63) is 87.9 Å². The quantitative estimate of drug-likeness (QED) is 0.398. The van der Waals surface area contributed by atoms with Gasteiger partial charge in [-0.3, -0.25) is 0 Å². The molecule has 0 amide bonds. The van der Waals surface area contributed by atoms with Gasteiger partial charge in [-0.25, -0.2) is 26.4 Å². The second-order valence-corrected chi connectivity index (χ2v) is 9.38. The fourth-order valence-corrected chi connectivity index (χ4v) is 4.77. The van der Waals surface area contributed by atoms with Crippen LogP contribution in [0.2, 0.25) is 5.02 Å². The molecule has 0 aromatic heterocycles. The lowest BCUT2D eigenvalue weighted by molar-refractivity contribution is -0.152. The minimum Gasteiger partial charge on any atom is -0.493 e. The molecule has 0 saturated heterocycles. The van der Waals surface area contributed by atoms with Crippen molar-refractivity contribution < 1.29 is 41.0 Å². The molecule has 0 radical (unpaired) electrons. The topological polar surface area (TPSA) is 102 Å². The predicted molar refractivity (Wildman–Crippen MR) is 121 cm³/mol. The van der Waals surface area contributed by atoms with E-state index in [4.69, 9.17) is 21.1 Å². The van der Waals surface area contributed by atoms with Gasteiger partial charge in [0.25, 0.3) is 5.79 Å². The summed E-state index contributed by atoms with van der Waals surface area (Å²) in [5, 5.41) is 9.73. The van der Waals surface area contributed by atoms with E-state index in [2.05, 4.69) is 0 Å². The first-order chi connectivity index (χ1) is 16.4. The van der Waals surface area contributed by atoms with Crippen LogP contribution in [-0.2, 0) is 27.0 Å². The molecule has 3 rings (SSSR count). The molecule has 1 atom stereocenters. The summed E-state index contributed by atoms with van der Waals surface area (Å²) < 4.78 is 82.1. The van der Waals surface area contributed by atoms with Crippen LogP contribution in [0, 0.1) is 11.6 Å². The molecule has 2 N–H and O–H groups in total. The molecular weight excluding hydrogens is 511 g/mol. The zero-order chi connectivity index (χ0) is 26.0. The third kappa shape index (κ3) is 5.37. The minimum absolute atomic E-state index is 0.00244. The molecule has 0 fully saturated rings. The summed E-state index contributed by atoms with van der Waals surface area (Å²) in [6.07, 6.45) is -0.606. The van der Waals surface area contributed by atoms with Crippen LogP contribution in [-0.4, -0.2) is 33.7 Å². The lowest BCUT2D eigenvalue weighted by atomic mass is 9.93. The van der Waals surface area contributed by atoms with Crippen molar-refractivity contribution in [1.29, 1.82) is 0 Å². The maximum Gasteiger partial charge on any atom is 0.362 e. The first kappa shape index (κ1) is 26.3. The molecule has 35 heavy (non-hydrogen) atoms. The van der Waals surface area contributed by atoms with E-state index >= 15 is 4.39 Å². The molecule has 7 nitrogen and oxygen atoms in total. The number of rotatable bonds is 9. The number of carbonyl (C=O) groups is 1. The lowest BCUT2D eigenvalue weighted by Crippen LogP contribution is -2.48. The Morgan fingerprint density at radius 1 is 1.03 bits per heavy atom. The molecule has 0 spiro atoms. The van der Waals surface area contributed by atoms with E-state index in [9.17, 15) is 27.1 Å². The fourth-order valence-electron chi connectivity index (χ4n) is 3.38. The normalized spacial score (nSPS) is 13.2. The highest BCUT2D eigenvalue weighted by molar-refractivity contribution is 7.89. The summed E-state index contributed by atoms with van der Waals surface area (Å²) in [6.45, 7) is 0. The highest BCUT2D eigenvalue weighted by Crippen LogP contribution is 2.35. The Balaban J connectivity index is 2.12. The summed E-state index contributed by atoms with van der Waals surface area (Å²) in [5.41, 5.74) is -1.44. The highest BCUT2D eigenvalue weighted by Gasteiger charge is 2.46. The van der Waals surface area contributed by atoms with E-state index in [1.807, 2.05) is 0 Å². The van der Waals surface area contributed by atoms with Crippen LogP contribution in [0.1, 0.15) is 16.7 Å². The maximum atomic E-state index is 16.1. The van der Waals surface area contributed by atoms with Crippen molar-refractivity contribution >= 4 is 27.6 Å². The van der Waals surface area contributed by atoms with Crippen LogP contribution < -0.4 is 14.2 Å². The van der Waals surface area contributed by atoms with Gasteiger partial charge in [0.15, 0.2) is 11.5 Å². The number of carboxylic acids is 1. The van der Waals surface area contributed by atoms with Crippen molar-refractivity contribution in [2.24, 2.45) is 0 Å². The van der Waals surface area contributed by atoms with E-state index in [0.29, 0.717) is 0 Å². The standard InChI is InChI=1S/C23H19ClF3NO6S/c1-33-20-9-7-15(12-21(20)34-2)35(31,32)28-23(27,22(29)30)17-8-6-14(24)10-13(17)11-16-18(25)4-3-5-19(16)26/h3-10,12,28H,11H2,1-2H3,(H,29,30). The van der Waals surface area contributed by atoms with E-state index in [1.165, 1.54) is 20.3 Å². The van der Waals surface area contributed by atoms with Crippen molar-refractivity contribution in [3.8, 4) is 11.5 Å². The largest absolute Gasteiger partial charge is 0.493 e. The highest BCUT2D eigenvalue weighted by atomic mass is 35.5. The summed E-state index contributed by atoms with van der Waals surface area (Å²) in [4.78, 5) is 11.5. The first-order valence-corrected chi connectivity index (χ1v) is 11.7. The average molecular weight is 530 g/mol. The van der Waals surface area contributed by atoms with E-state index in [-0.39, 0.29) is 22.1 Å². The number of hydrogen-bond donors (Lipinski definition) is 2. The number of halogens is 4. The number of alkyl halides is 1. The average Bonchev–Trinajstić information content (AvgIpc) is 2.80. The molecule has 0 aliphatic rings. The number of carboxylic acid groups (broad SMARTS) is 1. The summed E-state index contributed by atoms with van der Waals surface area (Å²) in [6, 6.07) is 9.55. The number of nitrogens with one attached hydrogen (secondary N) is 1. The zero-order valence-corrected chi connectivity index (χ0v) is 19.9. The van der Waals surface area contributed by atoms with Gasteiger partial charge < -0.3 is 14.6 Å². The summed E-state index contributed by atoms with van der Waals surface area (Å²) in [7, 11) is -2.24. The molecular formula is C23H19ClF3NO6S. The van der Waals surface area contributed by atoms with Crippen molar-refractivity contribution in [2.75, 3.05) is 14.2 Å². The molecule has 3 aromatic rings. The number of sulfonamides is 1. The van der Waals surface area contributed by atoms with Gasteiger partial charge in [-0.05, 0) is 42.0 Å². The van der Waals surface area contributed by atoms with Crippen molar-refractivity contribution in [3.63, 3.8) is 0 Å². The van der Waals surface area contributed by atoms with Gasteiger partial charge in [-0.15, -0.1) is 0 Å². The van der Waals surface area contributed by atoms with E-state index in [1.54, 1.807) is 4.72 Å². The number of aliphatic carboxylic acids is 1. The molecule has 3 aromatic carbocycles. The monoisotopic (exact) mass is 529 g/mol. The van der Waals surface area contributed by atoms with Crippen LogP contribution in [0.4, 0.5) is 13.2 Å². The zero-order valence-electron chi connectivity index (χ0n) is 18.3. The van der Waals surface area contributed by atoms with Gasteiger partial charge in [-0.1, -0.05) is 23.7 Å². The Morgan fingerprint density at radius 3 is 2.23 bits per heavy atom. The van der Waals surface area contributed by atoms with E-state index in [0.717, 1.165) is 48.5 Å². The Kier molecular flexibility index (Phi) is 7.63. The first-order valence-electron chi connectivity index (χ1n) is 9.83. The number of methoxy groups -OCH3 is 2. The lowest BCUT2D eigenvalue weighted by Gasteiger charge is -2.25. The Morgan fingerprint density at radius 2 is 1.66 bits per heavy atom. The van der Waals surface area contributed by atoms with Crippen LogP contribution in [0.3, 0.4) is 0 Å². The Bertz CT molecular complexity index is 1370. The fraction of sp³-hybridized carbons (Fsp3) is 0.174. The maximum absolute atomic E-state index is 16.1. The van der Waals surface area contributed by atoms with E-state index < -0.39 is 55.9 Å². The third-order valence-electron chi connectivity index (χ3n) is 5.10. The number of ether oxygens (including phenoxy) is 2. The summed E-state index contributed by atoms with van der Waals surface area (Å²) >= 11 is 5.96. The predicted octanol–water partition coefficient (Wildman–Crippen LogP) is 4.41. The third-order valence-corrected chi connectivity index (χ3v) is 6.76. The number of hydrogen-bond acceptors (Lipinski definition) is 5. The molecule has 0 aliphatic heterocycles. The SMILES string of the molecule is COc1ccc(S(=O)(=O)NC(F)(C(=O)O)c2ccc(Cl)cc2Cc2c(F)cccc2F)cc1OC. The second-order valence-electron chi connectivity index (χ2n) is 7.26.